The number of unbranched alkanes of at least 4 members (excludes halogenated alkanes) is 3. The molecule has 0 bridgehead atoms. The van der Waals surface area contributed by atoms with E-state index in [1.54, 1.807) is 31.4 Å². The van der Waals surface area contributed by atoms with Crippen LogP contribution in [0, 0.1) is 23.1 Å². The number of rotatable bonds is 25. The first-order chi connectivity index (χ1) is 29.2. The number of ether oxygens (including phenoxy) is 1. The Hall–Kier alpha value is -4.11. The Bertz CT molecular complexity index is 1790. The zero-order valence-corrected chi connectivity index (χ0v) is 40.0. The number of halogens is 1. The van der Waals surface area contributed by atoms with Gasteiger partial charge in [0.25, 0.3) is 5.91 Å². The summed E-state index contributed by atoms with van der Waals surface area (Å²) in [5, 5.41) is 21.2. The molecule has 4 N–H and O–H groups in total. The molecule has 6 atom stereocenters. The quantitative estimate of drug-likeness (QED) is 0.0561. The van der Waals surface area contributed by atoms with Gasteiger partial charge in [-0.1, -0.05) is 72.8 Å². The molecule has 0 saturated carbocycles. The monoisotopic (exact) mass is 887 g/mol. The van der Waals surface area contributed by atoms with Crippen LogP contribution in [0.3, 0.4) is 0 Å². The highest BCUT2D eigenvalue weighted by molar-refractivity contribution is 7.09. The first-order valence-corrected chi connectivity index (χ1v) is 23.6. The maximum absolute atomic E-state index is 14.9. The van der Waals surface area contributed by atoms with Crippen molar-refractivity contribution in [2.45, 2.75) is 176 Å². The van der Waals surface area contributed by atoms with Gasteiger partial charge in [-0.2, -0.15) is 0 Å². The average Bonchev–Trinajstić information content (AvgIpc) is 3.70. The Morgan fingerprint density at radius 3 is 2.35 bits per heavy atom. The van der Waals surface area contributed by atoms with Gasteiger partial charge in [0.2, 0.25) is 11.8 Å². The predicted molar refractivity (Wildman–Crippen MR) is 244 cm³/mol. The number of benzene rings is 1. The zero-order chi connectivity index (χ0) is 46.3. The molecule has 2 heterocycles. The molecule has 2 aromatic rings. The van der Waals surface area contributed by atoms with E-state index in [0.29, 0.717) is 29.2 Å². The number of aliphatic carboxylic acids is 1. The maximum atomic E-state index is 14.9. The SMILES string of the molecule is CCCCCCN(C(=O)[C@@H](NC(=O)[C@H]1CCCCN1C)[C@@H](C)CC)[C@H](C[C@@H](OC(C)=O)c1nc(C(=O)NC(Cc2ccc(F)c(NC(C)C)c2)CC(C)(C)C(=O)O)cs1)C(C)C. The summed E-state index contributed by atoms with van der Waals surface area (Å²) in [6.07, 6.45) is 6.79. The number of amides is 3. The van der Waals surface area contributed by atoms with Crippen LogP contribution in [0.1, 0.15) is 161 Å². The molecule has 0 radical (unpaired) electrons. The first kappa shape index (κ1) is 52.2. The van der Waals surface area contributed by atoms with Gasteiger partial charge >= 0.3 is 11.9 Å². The highest BCUT2D eigenvalue weighted by Gasteiger charge is 2.39. The second kappa shape index (κ2) is 24.7. The van der Waals surface area contributed by atoms with Crippen molar-refractivity contribution in [2.75, 3.05) is 25.5 Å². The van der Waals surface area contributed by atoms with Crippen LogP contribution in [0.5, 0.6) is 0 Å². The fourth-order valence-electron chi connectivity index (χ4n) is 8.13. The molecule has 3 rings (SSSR count). The van der Waals surface area contributed by atoms with Gasteiger partial charge in [-0.05, 0) is 103 Å². The Kier molecular flexibility index (Phi) is 20.8. The van der Waals surface area contributed by atoms with Crippen molar-refractivity contribution in [1.29, 1.82) is 0 Å². The molecule has 13 nitrogen and oxygen atoms in total. The molecule has 1 aliphatic rings. The summed E-state index contributed by atoms with van der Waals surface area (Å²) >= 11 is 1.17. The second-order valence-corrected chi connectivity index (χ2v) is 19.4. The molecule has 1 fully saturated rings. The van der Waals surface area contributed by atoms with Crippen LogP contribution in [0.4, 0.5) is 10.1 Å². The summed E-state index contributed by atoms with van der Waals surface area (Å²) in [4.78, 5) is 76.1. The van der Waals surface area contributed by atoms with E-state index in [1.165, 1.54) is 24.3 Å². The predicted octanol–water partition coefficient (Wildman–Crippen LogP) is 8.39. The number of likely N-dealkylation sites (N-methyl/N-ethyl adjacent to an activating group) is 1. The van der Waals surface area contributed by atoms with Crippen LogP contribution in [-0.2, 0) is 30.3 Å². The molecule has 1 aliphatic heterocycles. The maximum Gasteiger partial charge on any atom is 0.309 e. The normalized spacial score (nSPS) is 17.2. The smallest absolute Gasteiger partial charge is 0.309 e. The highest BCUT2D eigenvalue weighted by atomic mass is 32.1. The lowest BCUT2D eigenvalue weighted by Crippen LogP contribution is -2.59. The van der Waals surface area contributed by atoms with E-state index in [0.717, 1.165) is 51.5 Å². The summed E-state index contributed by atoms with van der Waals surface area (Å²) < 4.78 is 20.6. The van der Waals surface area contributed by atoms with Gasteiger partial charge in [0, 0.05) is 43.4 Å². The number of carboxylic acid groups (broad SMARTS) is 1. The molecule has 62 heavy (non-hydrogen) atoms. The van der Waals surface area contributed by atoms with E-state index in [9.17, 15) is 33.5 Å². The lowest BCUT2D eigenvalue weighted by Gasteiger charge is -2.40. The third-order valence-electron chi connectivity index (χ3n) is 12.0. The summed E-state index contributed by atoms with van der Waals surface area (Å²) in [6.45, 7) is 19.8. The topological polar surface area (TPSA) is 170 Å². The van der Waals surface area contributed by atoms with Gasteiger partial charge in [0.05, 0.1) is 17.1 Å². The third-order valence-corrected chi connectivity index (χ3v) is 12.9. The molecule has 1 aromatic carbocycles. The van der Waals surface area contributed by atoms with Crippen molar-refractivity contribution >= 4 is 46.7 Å². The number of hydrogen-bond acceptors (Lipinski definition) is 10. The summed E-state index contributed by atoms with van der Waals surface area (Å²) in [5.74, 6) is -3.03. The Labute approximate surface area is 373 Å². The van der Waals surface area contributed by atoms with E-state index in [2.05, 4.69) is 32.8 Å². The lowest BCUT2D eigenvalue weighted by molar-refractivity contribution is -0.150. The Morgan fingerprint density at radius 1 is 1.05 bits per heavy atom. The van der Waals surface area contributed by atoms with Crippen molar-refractivity contribution in [3.63, 3.8) is 0 Å². The number of esters is 1. The van der Waals surface area contributed by atoms with E-state index in [1.807, 2.05) is 53.5 Å². The van der Waals surface area contributed by atoms with E-state index < -0.39 is 53.3 Å². The van der Waals surface area contributed by atoms with Crippen LogP contribution >= 0.6 is 11.3 Å². The van der Waals surface area contributed by atoms with E-state index >= 15 is 0 Å². The fraction of sp³-hybridized carbons (Fsp3) is 0.702. The molecule has 1 saturated heterocycles. The van der Waals surface area contributed by atoms with Crippen molar-refractivity contribution in [1.82, 2.24) is 25.4 Å². The van der Waals surface area contributed by atoms with Gasteiger partial charge in [0.15, 0.2) is 6.10 Å². The molecule has 1 unspecified atom stereocenters. The number of anilines is 1. The third kappa shape index (κ3) is 15.6. The summed E-state index contributed by atoms with van der Waals surface area (Å²) in [5.41, 5.74) is -0.101. The summed E-state index contributed by atoms with van der Waals surface area (Å²) in [7, 11) is 1.95. The Morgan fingerprint density at radius 2 is 1.76 bits per heavy atom. The van der Waals surface area contributed by atoms with Crippen LogP contribution in [0.2, 0.25) is 0 Å². The van der Waals surface area contributed by atoms with Crippen molar-refractivity contribution in [3.05, 3.63) is 45.7 Å². The van der Waals surface area contributed by atoms with Crippen LogP contribution in [-0.4, -0.2) is 99.9 Å². The minimum Gasteiger partial charge on any atom is -0.481 e. The highest BCUT2D eigenvalue weighted by Crippen LogP contribution is 2.33. The van der Waals surface area contributed by atoms with Gasteiger partial charge in [-0.25, -0.2) is 9.37 Å². The van der Waals surface area contributed by atoms with Gasteiger partial charge in [0.1, 0.15) is 22.6 Å². The molecule has 15 heteroatoms. The minimum absolute atomic E-state index is 0.0242. The van der Waals surface area contributed by atoms with Crippen LogP contribution in [0.15, 0.2) is 23.6 Å². The van der Waals surface area contributed by atoms with E-state index in [4.69, 9.17) is 4.74 Å². The number of carbonyl (C=O) groups is 5. The molecule has 0 spiro atoms. The minimum atomic E-state index is -1.20. The largest absolute Gasteiger partial charge is 0.481 e. The van der Waals surface area contributed by atoms with Crippen LogP contribution in [0.25, 0.3) is 0 Å². The number of thiazole rings is 1. The number of piperidine rings is 1. The number of nitrogens with one attached hydrogen (secondary N) is 3. The number of hydrogen-bond donors (Lipinski definition) is 4. The van der Waals surface area contributed by atoms with Gasteiger partial charge in [-0.15, -0.1) is 11.3 Å². The van der Waals surface area contributed by atoms with Crippen LogP contribution < -0.4 is 16.0 Å². The van der Waals surface area contributed by atoms with Gasteiger partial charge < -0.3 is 30.7 Å². The Balaban J connectivity index is 1.96. The number of likely N-dealkylation sites (tertiary alicyclic amines) is 1. The second-order valence-electron chi connectivity index (χ2n) is 18.6. The van der Waals surface area contributed by atoms with E-state index in [-0.39, 0.29) is 60.7 Å². The number of nitrogens with zero attached hydrogens (tertiary/aromatic N) is 3. The molecule has 348 valence electrons. The number of carboxylic acids is 1. The molecular weight excluding hydrogens is 812 g/mol. The van der Waals surface area contributed by atoms with Gasteiger partial charge in [-0.3, -0.25) is 28.9 Å². The number of carbonyl (C=O) groups excluding carboxylic acids is 4. The molecule has 0 aliphatic carbocycles. The molecular formula is C47H75FN6O7S. The molecule has 1 aromatic heterocycles. The standard InChI is InChI=1S/C47H75FN6O7S/c1-12-14-15-17-23-54(45(58)41(31(7)13-2)52-43(57)38-19-16-18-22-53(38)11)39(29(3)4)26-40(61-32(8)55)44-51-37(28-62-44)42(56)50-34(27-47(9,10)46(59)60)24-33-20-21-35(48)36(25-33)49-30(5)6/h20-21,25,28-31,34,38-41,49H,12-19,22-24,26-27H2,1-11H3,(H,50,56)(H,52,57)(H,59,60)/t31-,34?,38+,39+,40+,41-/m0/s1. The fourth-order valence-corrected chi connectivity index (χ4v) is 8.97. The number of aromatic nitrogens is 1. The first-order valence-electron chi connectivity index (χ1n) is 22.7. The molecule has 3 amide bonds. The lowest BCUT2D eigenvalue weighted by atomic mass is 9.84. The van der Waals surface area contributed by atoms with Crippen molar-refractivity contribution < 1.29 is 38.2 Å². The average molecular weight is 887 g/mol. The van der Waals surface area contributed by atoms with Crippen molar-refractivity contribution in [3.8, 4) is 0 Å². The zero-order valence-electron chi connectivity index (χ0n) is 39.1. The summed E-state index contributed by atoms with van der Waals surface area (Å²) in [6, 6.07) is 2.51. The van der Waals surface area contributed by atoms with Crippen molar-refractivity contribution in [2.24, 2.45) is 17.3 Å².